The van der Waals surface area contributed by atoms with Crippen molar-refractivity contribution >= 4 is 0 Å². The molecule has 0 radical (unpaired) electrons. The molecule has 1 saturated heterocycles. The molecule has 0 aromatic heterocycles. The third-order valence-electron chi connectivity index (χ3n) is 2.83. The van der Waals surface area contributed by atoms with Gasteiger partial charge >= 0.3 is 0 Å². The first kappa shape index (κ1) is 12.2. The van der Waals surface area contributed by atoms with Crippen LogP contribution in [0.1, 0.15) is 18.4 Å². The largest absolute Gasteiger partial charge is 0.497 e. The number of rotatable bonds is 4. The van der Waals surface area contributed by atoms with E-state index in [0.29, 0.717) is 13.2 Å². The summed E-state index contributed by atoms with van der Waals surface area (Å²) in [6.07, 6.45) is 2.23. The van der Waals surface area contributed by atoms with E-state index in [1.54, 1.807) is 7.11 Å². The van der Waals surface area contributed by atoms with Crippen LogP contribution in [0.5, 0.6) is 11.5 Å². The Bertz CT molecular complexity index is 339. The maximum Gasteiger partial charge on any atom is 0.123 e. The molecule has 1 aromatic rings. The standard InChI is InChI=1S/C13H19NO3/c1-15-12-5-10(8-14)6-13(7-12)17-11-3-2-4-16-9-11/h5-7,11H,2-4,8-9,14H2,1H3. The van der Waals surface area contributed by atoms with Crippen LogP contribution in [0, 0.1) is 0 Å². The lowest BCUT2D eigenvalue weighted by Gasteiger charge is -2.23. The van der Waals surface area contributed by atoms with Crippen molar-refractivity contribution in [1.82, 2.24) is 0 Å². The van der Waals surface area contributed by atoms with Gasteiger partial charge in [-0.25, -0.2) is 0 Å². The SMILES string of the molecule is COc1cc(CN)cc(OC2CCCOC2)c1. The van der Waals surface area contributed by atoms with E-state index in [9.17, 15) is 0 Å². The summed E-state index contributed by atoms with van der Waals surface area (Å²) in [5.41, 5.74) is 6.65. The zero-order valence-corrected chi connectivity index (χ0v) is 10.1. The van der Waals surface area contributed by atoms with Crippen LogP contribution in [-0.4, -0.2) is 26.4 Å². The summed E-state index contributed by atoms with van der Waals surface area (Å²) >= 11 is 0. The molecule has 94 valence electrons. The first-order chi connectivity index (χ1) is 8.31. The molecule has 0 aliphatic carbocycles. The van der Waals surface area contributed by atoms with Crippen LogP contribution in [0.25, 0.3) is 0 Å². The molecule has 1 unspecified atom stereocenters. The first-order valence-electron chi connectivity index (χ1n) is 5.94. The predicted molar refractivity (Wildman–Crippen MR) is 65.4 cm³/mol. The number of hydrogen-bond donors (Lipinski definition) is 1. The van der Waals surface area contributed by atoms with E-state index in [4.69, 9.17) is 19.9 Å². The van der Waals surface area contributed by atoms with Gasteiger partial charge < -0.3 is 19.9 Å². The Morgan fingerprint density at radius 3 is 2.82 bits per heavy atom. The van der Waals surface area contributed by atoms with Gasteiger partial charge in [0.1, 0.15) is 17.6 Å². The fourth-order valence-corrected chi connectivity index (χ4v) is 1.93. The monoisotopic (exact) mass is 237 g/mol. The molecule has 0 amide bonds. The zero-order valence-electron chi connectivity index (χ0n) is 10.1. The van der Waals surface area contributed by atoms with E-state index in [0.717, 1.165) is 36.5 Å². The van der Waals surface area contributed by atoms with Crippen LogP contribution >= 0.6 is 0 Å². The van der Waals surface area contributed by atoms with Gasteiger partial charge in [-0.3, -0.25) is 0 Å². The van der Waals surface area contributed by atoms with Crippen LogP contribution in [0.4, 0.5) is 0 Å². The highest BCUT2D eigenvalue weighted by molar-refractivity contribution is 5.38. The van der Waals surface area contributed by atoms with Gasteiger partial charge in [-0.05, 0) is 30.5 Å². The van der Waals surface area contributed by atoms with E-state index < -0.39 is 0 Å². The molecule has 4 heteroatoms. The molecule has 1 fully saturated rings. The second-order valence-corrected chi connectivity index (χ2v) is 4.18. The van der Waals surface area contributed by atoms with Crippen molar-refractivity contribution in [1.29, 1.82) is 0 Å². The number of hydrogen-bond acceptors (Lipinski definition) is 4. The fourth-order valence-electron chi connectivity index (χ4n) is 1.93. The number of methoxy groups -OCH3 is 1. The smallest absolute Gasteiger partial charge is 0.123 e. The molecular formula is C13H19NO3. The van der Waals surface area contributed by atoms with Crippen LogP contribution in [-0.2, 0) is 11.3 Å². The molecule has 0 saturated carbocycles. The Balaban J connectivity index is 2.07. The average molecular weight is 237 g/mol. The molecule has 1 heterocycles. The number of ether oxygens (including phenoxy) is 3. The van der Waals surface area contributed by atoms with Gasteiger partial charge in [-0.15, -0.1) is 0 Å². The van der Waals surface area contributed by atoms with E-state index in [1.165, 1.54) is 0 Å². The molecular weight excluding hydrogens is 218 g/mol. The highest BCUT2D eigenvalue weighted by atomic mass is 16.5. The Morgan fingerprint density at radius 2 is 2.18 bits per heavy atom. The Hall–Kier alpha value is -1.26. The van der Waals surface area contributed by atoms with Crippen molar-refractivity contribution in [2.24, 2.45) is 5.73 Å². The van der Waals surface area contributed by atoms with Crippen molar-refractivity contribution in [3.8, 4) is 11.5 Å². The summed E-state index contributed by atoms with van der Waals surface area (Å²) < 4.78 is 16.5. The summed E-state index contributed by atoms with van der Waals surface area (Å²) in [5.74, 6) is 1.58. The minimum Gasteiger partial charge on any atom is -0.497 e. The quantitative estimate of drug-likeness (QED) is 0.866. The van der Waals surface area contributed by atoms with Gasteiger partial charge in [0.2, 0.25) is 0 Å². The lowest BCUT2D eigenvalue weighted by molar-refractivity contribution is 0.00733. The molecule has 0 spiro atoms. The van der Waals surface area contributed by atoms with Gasteiger partial charge in [0.25, 0.3) is 0 Å². The maximum absolute atomic E-state index is 5.88. The van der Waals surface area contributed by atoms with Crippen molar-refractivity contribution in [2.45, 2.75) is 25.5 Å². The molecule has 1 aromatic carbocycles. The van der Waals surface area contributed by atoms with Crippen molar-refractivity contribution in [2.75, 3.05) is 20.3 Å². The molecule has 0 bridgehead atoms. The summed E-state index contributed by atoms with van der Waals surface area (Å²) in [5, 5.41) is 0. The molecule has 1 aliphatic heterocycles. The fraction of sp³-hybridized carbons (Fsp3) is 0.538. The van der Waals surface area contributed by atoms with Crippen LogP contribution in [0.3, 0.4) is 0 Å². The molecule has 2 rings (SSSR count). The average Bonchev–Trinajstić information content (AvgIpc) is 2.39. The molecule has 1 atom stereocenters. The first-order valence-corrected chi connectivity index (χ1v) is 5.94. The Labute approximate surface area is 102 Å². The van der Waals surface area contributed by atoms with Gasteiger partial charge in [-0.2, -0.15) is 0 Å². The third kappa shape index (κ3) is 3.35. The second kappa shape index (κ2) is 5.89. The molecule has 2 N–H and O–H groups in total. The van der Waals surface area contributed by atoms with Crippen LogP contribution in [0.2, 0.25) is 0 Å². The van der Waals surface area contributed by atoms with Gasteiger partial charge in [-0.1, -0.05) is 0 Å². The van der Waals surface area contributed by atoms with Crippen molar-refractivity contribution in [3.63, 3.8) is 0 Å². The third-order valence-corrected chi connectivity index (χ3v) is 2.83. The Kier molecular flexibility index (Phi) is 4.23. The second-order valence-electron chi connectivity index (χ2n) is 4.18. The maximum atomic E-state index is 5.88. The van der Waals surface area contributed by atoms with Crippen molar-refractivity contribution in [3.05, 3.63) is 23.8 Å². The summed E-state index contributed by atoms with van der Waals surface area (Å²) in [6.45, 7) is 1.98. The highest BCUT2D eigenvalue weighted by Gasteiger charge is 2.15. The number of benzene rings is 1. The molecule has 4 nitrogen and oxygen atoms in total. The van der Waals surface area contributed by atoms with E-state index in [2.05, 4.69) is 0 Å². The van der Waals surface area contributed by atoms with Gasteiger partial charge in [0, 0.05) is 19.2 Å². The Morgan fingerprint density at radius 1 is 1.35 bits per heavy atom. The van der Waals surface area contributed by atoms with Gasteiger partial charge in [0.15, 0.2) is 0 Å². The lowest BCUT2D eigenvalue weighted by Crippen LogP contribution is -2.28. The van der Waals surface area contributed by atoms with E-state index in [-0.39, 0.29) is 6.10 Å². The van der Waals surface area contributed by atoms with Gasteiger partial charge in [0.05, 0.1) is 13.7 Å². The van der Waals surface area contributed by atoms with Crippen LogP contribution < -0.4 is 15.2 Å². The van der Waals surface area contributed by atoms with Crippen molar-refractivity contribution < 1.29 is 14.2 Å². The van der Waals surface area contributed by atoms with E-state index >= 15 is 0 Å². The summed E-state index contributed by atoms with van der Waals surface area (Å²) in [7, 11) is 1.64. The minimum atomic E-state index is 0.140. The summed E-state index contributed by atoms with van der Waals surface area (Å²) in [4.78, 5) is 0. The highest BCUT2D eigenvalue weighted by Crippen LogP contribution is 2.24. The predicted octanol–water partition coefficient (Wildman–Crippen LogP) is 1.71. The van der Waals surface area contributed by atoms with E-state index in [1.807, 2.05) is 18.2 Å². The molecule has 17 heavy (non-hydrogen) atoms. The summed E-state index contributed by atoms with van der Waals surface area (Å²) in [6, 6.07) is 5.76. The normalized spacial score (nSPS) is 20.0. The number of nitrogens with two attached hydrogens (primary N) is 1. The lowest BCUT2D eigenvalue weighted by atomic mass is 10.1. The topological polar surface area (TPSA) is 53.7 Å². The molecule has 1 aliphatic rings. The zero-order chi connectivity index (χ0) is 12.1. The minimum absolute atomic E-state index is 0.140. The van der Waals surface area contributed by atoms with Crippen LogP contribution in [0.15, 0.2) is 18.2 Å².